The third-order valence-corrected chi connectivity index (χ3v) is 8.04. The number of halogens is 3. The lowest BCUT2D eigenvalue weighted by Crippen LogP contribution is -2.24. The zero-order chi connectivity index (χ0) is 26.4. The van der Waals surface area contributed by atoms with Crippen LogP contribution < -0.4 is 18.9 Å². The lowest BCUT2D eigenvalue weighted by molar-refractivity contribution is -0.274. The Hall–Kier alpha value is -3.57. The van der Waals surface area contributed by atoms with Crippen molar-refractivity contribution in [2.75, 3.05) is 13.8 Å². The molecule has 1 fully saturated rings. The van der Waals surface area contributed by atoms with Gasteiger partial charge in [-0.3, -0.25) is 4.79 Å². The van der Waals surface area contributed by atoms with Crippen LogP contribution in [0.5, 0.6) is 17.2 Å². The Morgan fingerprint density at radius 2 is 1.68 bits per heavy atom. The van der Waals surface area contributed by atoms with E-state index in [1.807, 2.05) is 0 Å². The SMILES string of the molecule is CNS(=O)(=O)c1ccc(-c2ccc(OC(F)(F)F)c(CC(=O)C3(c4ccc5c(c4)OCO5)CC3)c2)cc1.[HH]. The second kappa shape index (κ2) is 9.07. The summed E-state index contributed by atoms with van der Waals surface area (Å²) in [7, 11) is -2.35. The van der Waals surface area contributed by atoms with E-state index in [4.69, 9.17) is 9.47 Å². The number of ketones is 1. The number of nitrogens with one attached hydrogen (secondary N) is 1. The highest BCUT2D eigenvalue weighted by Crippen LogP contribution is 2.52. The van der Waals surface area contributed by atoms with Crippen molar-refractivity contribution in [3.63, 3.8) is 0 Å². The van der Waals surface area contributed by atoms with E-state index >= 15 is 0 Å². The van der Waals surface area contributed by atoms with E-state index in [9.17, 15) is 26.4 Å². The molecule has 0 unspecified atom stereocenters. The van der Waals surface area contributed by atoms with Gasteiger partial charge in [-0.25, -0.2) is 13.1 Å². The predicted octanol–water partition coefficient (Wildman–Crippen LogP) is 4.98. The van der Waals surface area contributed by atoms with E-state index in [0.29, 0.717) is 35.5 Å². The van der Waals surface area contributed by atoms with Crippen LogP contribution >= 0.6 is 0 Å². The van der Waals surface area contributed by atoms with Gasteiger partial charge in [-0.1, -0.05) is 24.3 Å². The summed E-state index contributed by atoms with van der Waals surface area (Å²) in [4.78, 5) is 13.5. The molecule has 1 aliphatic heterocycles. The van der Waals surface area contributed by atoms with Crippen LogP contribution in [-0.4, -0.2) is 34.4 Å². The fourth-order valence-electron chi connectivity index (χ4n) is 4.46. The van der Waals surface area contributed by atoms with Crippen LogP contribution in [0.4, 0.5) is 13.2 Å². The van der Waals surface area contributed by atoms with Crippen molar-refractivity contribution in [1.82, 2.24) is 4.72 Å². The molecule has 0 bridgehead atoms. The number of hydrogen-bond donors (Lipinski definition) is 1. The highest BCUT2D eigenvalue weighted by atomic mass is 32.2. The van der Waals surface area contributed by atoms with Crippen molar-refractivity contribution < 1.29 is 42.0 Å². The number of benzene rings is 3. The van der Waals surface area contributed by atoms with E-state index in [0.717, 1.165) is 5.56 Å². The maximum absolute atomic E-state index is 13.5. The highest BCUT2D eigenvalue weighted by Gasteiger charge is 2.51. The average molecular weight is 536 g/mol. The third kappa shape index (κ3) is 5.01. The maximum atomic E-state index is 13.5. The van der Waals surface area contributed by atoms with Crippen molar-refractivity contribution in [3.8, 4) is 28.4 Å². The molecule has 1 aliphatic carbocycles. The van der Waals surface area contributed by atoms with Crippen LogP contribution in [0.15, 0.2) is 65.6 Å². The Bertz CT molecular complexity index is 1470. The van der Waals surface area contributed by atoms with Gasteiger partial charge in [0.15, 0.2) is 11.5 Å². The molecule has 3 aromatic carbocycles. The quantitative estimate of drug-likeness (QED) is 0.438. The van der Waals surface area contributed by atoms with E-state index in [1.54, 1.807) is 30.3 Å². The highest BCUT2D eigenvalue weighted by molar-refractivity contribution is 7.89. The van der Waals surface area contributed by atoms with Crippen LogP contribution in [0, 0.1) is 0 Å². The zero-order valence-corrected chi connectivity index (χ0v) is 20.4. The summed E-state index contributed by atoms with van der Waals surface area (Å²) in [5.74, 6) is 0.420. The van der Waals surface area contributed by atoms with E-state index in [-0.39, 0.29) is 30.9 Å². The number of rotatable bonds is 8. The molecule has 0 radical (unpaired) electrons. The van der Waals surface area contributed by atoms with Gasteiger partial charge in [-0.2, -0.15) is 0 Å². The molecule has 37 heavy (non-hydrogen) atoms. The molecule has 0 saturated heterocycles. The number of Topliss-reactive ketones (excluding diaryl/α,β-unsaturated/α-hetero) is 1. The van der Waals surface area contributed by atoms with Gasteiger partial charge in [0.05, 0.1) is 10.3 Å². The second-order valence-corrected chi connectivity index (χ2v) is 10.7. The Labute approximate surface area is 212 Å². The summed E-state index contributed by atoms with van der Waals surface area (Å²) in [6, 6.07) is 15.2. The molecule has 0 aromatic heterocycles. The van der Waals surface area contributed by atoms with Crippen LogP contribution in [0.25, 0.3) is 11.1 Å². The summed E-state index contributed by atoms with van der Waals surface area (Å²) < 4.78 is 80.5. The van der Waals surface area contributed by atoms with E-state index in [1.165, 1.54) is 37.4 Å². The zero-order valence-electron chi connectivity index (χ0n) is 19.6. The summed E-state index contributed by atoms with van der Waals surface area (Å²) in [6.07, 6.45) is -4.07. The predicted molar refractivity (Wildman–Crippen MR) is 129 cm³/mol. The number of alkyl halides is 3. The van der Waals surface area contributed by atoms with Crippen molar-refractivity contribution >= 4 is 15.8 Å². The third-order valence-electron chi connectivity index (χ3n) is 6.61. The molecule has 0 amide bonds. The average Bonchev–Trinajstić information content (AvgIpc) is 3.55. The molecule has 2 aliphatic rings. The number of hydrogen-bond acceptors (Lipinski definition) is 6. The fourth-order valence-corrected chi connectivity index (χ4v) is 5.19. The van der Waals surface area contributed by atoms with E-state index < -0.39 is 27.6 Å². The molecule has 1 N–H and O–H groups in total. The van der Waals surface area contributed by atoms with Gasteiger partial charge >= 0.3 is 6.36 Å². The van der Waals surface area contributed by atoms with Gasteiger partial charge in [0, 0.05) is 13.4 Å². The second-order valence-electron chi connectivity index (χ2n) is 8.85. The molecule has 1 saturated carbocycles. The first kappa shape index (κ1) is 25.1. The number of carbonyl (C=O) groups is 1. The minimum atomic E-state index is -4.93. The van der Waals surface area contributed by atoms with Crippen LogP contribution in [0.1, 0.15) is 25.4 Å². The molecule has 5 rings (SSSR count). The summed E-state index contributed by atoms with van der Waals surface area (Å²) in [5, 5.41) is 0. The Morgan fingerprint density at radius 3 is 2.32 bits per heavy atom. The monoisotopic (exact) mass is 535 g/mol. The van der Waals surface area contributed by atoms with Gasteiger partial charge in [-0.15, -0.1) is 13.2 Å². The largest absolute Gasteiger partial charge is 0.573 e. The maximum Gasteiger partial charge on any atom is 0.573 e. The van der Waals surface area contributed by atoms with Crippen molar-refractivity contribution in [3.05, 3.63) is 71.8 Å². The van der Waals surface area contributed by atoms with Crippen LogP contribution in [-0.2, 0) is 26.7 Å². The van der Waals surface area contributed by atoms with Crippen molar-refractivity contribution in [2.45, 2.75) is 35.9 Å². The van der Waals surface area contributed by atoms with Crippen LogP contribution in [0.3, 0.4) is 0 Å². The molecule has 7 nitrogen and oxygen atoms in total. The molecule has 11 heteroatoms. The molecule has 0 spiro atoms. The first-order valence-electron chi connectivity index (χ1n) is 11.4. The Balaban J connectivity index is 0.00000336. The summed E-state index contributed by atoms with van der Waals surface area (Å²) in [5.41, 5.74) is 1.09. The lowest BCUT2D eigenvalue weighted by atomic mass is 9.87. The normalized spacial score (nSPS) is 15.9. The minimum Gasteiger partial charge on any atom is -0.454 e. The Morgan fingerprint density at radius 1 is 1.00 bits per heavy atom. The van der Waals surface area contributed by atoms with Crippen molar-refractivity contribution in [1.29, 1.82) is 0 Å². The van der Waals surface area contributed by atoms with Gasteiger partial charge in [0.25, 0.3) is 0 Å². The lowest BCUT2D eigenvalue weighted by Gasteiger charge is -2.18. The molecule has 196 valence electrons. The summed E-state index contributed by atoms with van der Waals surface area (Å²) in [6.45, 7) is 0.0898. The fraction of sp³-hybridized carbons (Fsp3) is 0.269. The van der Waals surface area contributed by atoms with Gasteiger partial charge < -0.3 is 14.2 Å². The molecular formula is C26H24F3NO6S. The van der Waals surface area contributed by atoms with Crippen molar-refractivity contribution in [2.24, 2.45) is 0 Å². The van der Waals surface area contributed by atoms with E-state index in [2.05, 4.69) is 9.46 Å². The smallest absolute Gasteiger partial charge is 0.454 e. The molecule has 3 aromatic rings. The van der Waals surface area contributed by atoms with Gasteiger partial charge in [-0.05, 0) is 73.0 Å². The number of ether oxygens (including phenoxy) is 3. The molecule has 1 heterocycles. The number of fused-ring (bicyclic) bond motifs is 1. The van der Waals surface area contributed by atoms with Crippen LogP contribution in [0.2, 0.25) is 0 Å². The number of carbonyl (C=O) groups excluding carboxylic acids is 1. The Kier molecular flexibility index (Phi) is 6.15. The molecule has 0 atom stereocenters. The summed E-state index contributed by atoms with van der Waals surface area (Å²) >= 11 is 0. The first-order chi connectivity index (χ1) is 17.5. The van der Waals surface area contributed by atoms with Gasteiger partial charge in [0.2, 0.25) is 16.8 Å². The minimum absolute atomic E-state index is 0. The number of sulfonamides is 1. The standard InChI is InChI=1S/C26H22F3NO6S.H2/c1-30-37(32,33)20-6-2-16(3-7-20)17-4-8-21(36-26(27,28)29)18(12-17)13-24(31)25(10-11-25)19-5-9-22-23(14-19)35-15-34-22;/h2-9,12,14,30H,10-11,13,15H2,1H3;1H. The first-order valence-corrected chi connectivity index (χ1v) is 12.9. The topological polar surface area (TPSA) is 90.9 Å². The van der Waals surface area contributed by atoms with Gasteiger partial charge in [0.1, 0.15) is 11.5 Å². The molecular weight excluding hydrogens is 511 g/mol.